The predicted octanol–water partition coefficient (Wildman–Crippen LogP) is 3.12. The molecule has 164 valence electrons. The quantitative estimate of drug-likeness (QED) is 0.653. The number of carbonyl (C=O) groups excluding carboxylic acids is 3. The van der Waals surface area contributed by atoms with Crippen molar-refractivity contribution >= 4 is 34.9 Å². The third-order valence-corrected chi connectivity index (χ3v) is 5.53. The van der Waals surface area contributed by atoms with Crippen molar-refractivity contribution in [3.63, 3.8) is 0 Å². The number of pyridine rings is 1. The van der Waals surface area contributed by atoms with Gasteiger partial charge < -0.3 is 21.3 Å². The van der Waals surface area contributed by atoms with Gasteiger partial charge in [0.2, 0.25) is 5.91 Å². The summed E-state index contributed by atoms with van der Waals surface area (Å²) in [7, 11) is 0. The van der Waals surface area contributed by atoms with Gasteiger partial charge in [-0.1, -0.05) is 26.0 Å². The van der Waals surface area contributed by atoms with Gasteiger partial charge in [-0.25, -0.2) is 4.98 Å². The van der Waals surface area contributed by atoms with Crippen LogP contribution in [0.2, 0.25) is 0 Å². The van der Waals surface area contributed by atoms with Crippen LogP contribution in [-0.4, -0.2) is 34.2 Å². The van der Waals surface area contributed by atoms with Gasteiger partial charge in [0.1, 0.15) is 5.82 Å². The number of nitrogens with two attached hydrogens (primary N) is 1. The molecule has 8 nitrogen and oxygen atoms in total. The Hall–Kier alpha value is -3.42. The first-order valence-electron chi connectivity index (χ1n) is 10.5. The molecule has 2 atom stereocenters. The molecule has 1 aromatic heterocycles. The fourth-order valence-corrected chi connectivity index (χ4v) is 3.90. The summed E-state index contributed by atoms with van der Waals surface area (Å²) in [5.74, 6) is -0.688. The van der Waals surface area contributed by atoms with E-state index in [4.69, 9.17) is 5.73 Å². The second-order valence-electron chi connectivity index (χ2n) is 8.04. The number of anilines is 3. The number of nitrogen functional groups attached to an aromatic ring is 1. The van der Waals surface area contributed by atoms with Gasteiger partial charge in [0, 0.05) is 19.2 Å². The number of nitrogens with zero attached hydrogens (tertiary/aromatic N) is 2. The molecule has 0 aliphatic carbocycles. The Kier molecular flexibility index (Phi) is 6.89. The van der Waals surface area contributed by atoms with Crippen LogP contribution < -0.4 is 16.4 Å². The van der Waals surface area contributed by atoms with E-state index in [0.717, 1.165) is 24.0 Å². The highest BCUT2D eigenvalue weighted by molar-refractivity contribution is 6.39. The number of hydrogen-bond acceptors (Lipinski definition) is 5. The fourth-order valence-electron chi connectivity index (χ4n) is 3.90. The number of aryl methyl sites for hydroxylation is 1. The highest BCUT2D eigenvalue weighted by Crippen LogP contribution is 2.34. The smallest absolute Gasteiger partial charge is 0.313 e. The van der Waals surface area contributed by atoms with Crippen LogP contribution in [0.4, 0.5) is 17.2 Å². The Morgan fingerprint density at radius 3 is 2.48 bits per heavy atom. The minimum atomic E-state index is -0.692. The molecule has 3 amide bonds. The summed E-state index contributed by atoms with van der Waals surface area (Å²) in [5.41, 5.74) is 8.71. The van der Waals surface area contributed by atoms with Crippen LogP contribution in [0.25, 0.3) is 0 Å². The Bertz CT molecular complexity index is 974. The van der Waals surface area contributed by atoms with Crippen molar-refractivity contribution < 1.29 is 14.4 Å². The Labute approximate surface area is 182 Å². The van der Waals surface area contributed by atoms with E-state index >= 15 is 0 Å². The molecule has 3 rings (SSSR count). The molecule has 1 aromatic carbocycles. The molecular formula is C23H29N5O3. The lowest BCUT2D eigenvalue weighted by atomic mass is 9.89. The zero-order valence-corrected chi connectivity index (χ0v) is 18.1. The lowest BCUT2D eigenvalue weighted by Crippen LogP contribution is -2.46. The van der Waals surface area contributed by atoms with E-state index < -0.39 is 11.8 Å². The van der Waals surface area contributed by atoms with Gasteiger partial charge in [-0.05, 0) is 54.5 Å². The van der Waals surface area contributed by atoms with Crippen molar-refractivity contribution in [1.29, 1.82) is 0 Å². The van der Waals surface area contributed by atoms with Crippen LogP contribution in [0.15, 0.2) is 36.5 Å². The predicted molar refractivity (Wildman–Crippen MR) is 120 cm³/mol. The molecule has 0 unspecified atom stereocenters. The van der Waals surface area contributed by atoms with Crippen molar-refractivity contribution in [2.75, 3.05) is 22.9 Å². The fraction of sp³-hybridized carbons (Fsp3) is 0.391. The number of amides is 3. The molecular weight excluding hydrogens is 394 g/mol. The van der Waals surface area contributed by atoms with Crippen LogP contribution in [0, 0.1) is 5.92 Å². The maximum absolute atomic E-state index is 13.1. The molecule has 31 heavy (non-hydrogen) atoms. The first-order valence-corrected chi connectivity index (χ1v) is 10.5. The van der Waals surface area contributed by atoms with Gasteiger partial charge in [0.25, 0.3) is 0 Å². The molecule has 0 spiro atoms. The maximum atomic E-state index is 13.1. The molecule has 1 aliphatic rings. The van der Waals surface area contributed by atoms with E-state index in [0.29, 0.717) is 36.1 Å². The summed E-state index contributed by atoms with van der Waals surface area (Å²) in [6.45, 7) is 5.98. The molecule has 1 fully saturated rings. The highest BCUT2D eigenvalue weighted by atomic mass is 16.2. The largest absolute Gasteiger partial charge is 0.383 e. The van der Waals surface area contributed by atoms with Crippen molar-refractivity contribution in [2.24, 2.45) is 5.92 Å². The monoisotopic (exact) mass is 423 g/mol. The first-order chi connectivity index (χ1) is 14.8. The number of likely N-dealkylation sites (tertiary alicyclic amines) is 1. The second-order valence-corrected chi connectivity index (χ2v) is 8.04. The molecule has 4 N–H and O–H groups in total. The number of hydrogen-bond donors (Lipinski definition) is 3. The first kappa shape index (κ1) is 22.3. The molecule has 1 aliphatic heterocycles. The third kappa shape index (κ3) is 5.39. The molecule has 0 radical (unpaired) electrons. The molecule has 8 heteroatoms. The zero-order valence-electron chi connectivity index (χ0n) is 18.1. The van der Waals surface area contributed by atoms with Crippen LogP contribution >= 0.6 is 0 Å². The summed E-state index contributed by atoms with van der Waals surface area (Å²) in [6.07, 6.45) is 3.86. The number of piperidine rings is 1. The van der Waals surface area contributed by atoms with E-state index in [9.17, 15) is 14.4 Å². The summed E-state index contributed by atoms with van der Waals surface area (Å²) in [4.78, 5) is 42.8. The van der Waals surface area contributed by atoms with Gasteiger partial charge in [-0.15, -0.1) is 0 Å². The number of rotatable bonds is 4. The Morgan fingerprint density at radius 2 is 1.84 bits per heavy atom. The zero-order chi connectivity index (χ0) is 22.5. The van der Waals surface area contributed by atoms with Crippen molar-refractivity contribution in [3.8, 4) is 0 Å². The van der Waals surface area contributed by atoms with E-state index in [-0.39, 0.29) is 11.9 Å². The van der Waals surface area contributed by atoms with Crippen molar-refractivity contribution in [2.45, 2.75) is 46.1 Å². The molecule has 1 saturated heterocycles. The van der Waals surface area contributed by atoms with Gasteiger partial charge in [-0.3, -0.25) is 14.4 Å². The number of aromatic nitrogens is 1. The van der Waals surface area contributed by atoms with E-state index in [1.807, 2.05) is 31.2 Å². The number of nitrogens with one attached hydrogen (secondary N) is 2. The summed E-state index contributed by atoms with van der Waals surface area (Å²) < 4.78 is 0. The van der Waals surface area contributed by atoms with E-state index in [1.165, 1.54) is 13.1 Å². The SMILES string of the molecule is CCc1cc(NC(=O)C(=O)N2C[C@H](C)CC[C@H]2c2ccc(NC(C)=O)cc2)cnc1N. The highest BCUT2D eigenvalue weighted by Gasteiger charge is 2.34. The van der Waals surface area contributed by atoms with Crippen LogP contribution in [0.3, 0.4) is 0 Å². The van der Waals surface area contributed by atoms with Gasteiger partial charge in [-0.2, -0.15) is 0 Å². The number of carbonyl (C=O) groups is 3. The second kappa shape index (κ2) is 9.59. The Balaban J connectivity index is 1.77. The lowest BCUT2D eigenvalue weighted by Gasteiger charge is -2.38. The minimum Gasteiger partial charge on any atom is -0.383 e. The summed E-state index contributed by atoms with van der Waals surface area (Å²) in [5, 5.41) is 5.40. The Morgan fingerprint density at radius 1 is 1.13 bits per heavy atom. The molecule has 0 saturated carbocycles. The van der Waals surface area contributed by atoms with Gasteiger partial charge in [0.15, 0.2) is 0 Å². The van der Waals surface area contributed by atoms with Crippen LogP contribution in [-0.2, 0) is 20.8 Å². The topological polar surface area (TPSA) is 117 Å². The molecule has 0 bridgehead atoms. The third-order valence-electron chi connectivity index (χ3n) is 5.53. The normalized spacial score (nSPS) is 18.4. The van der Waals surface area contributed by atoms with E-state index in [2.05, 4.69) is 22.5 Å². The standard InChI is InChI=1S/C23H29N5O3/c1-4-16-11-19(12-25-21(16)24)27-22(30)23(31)28-13-14(2)5-10-20(28)17-6-8-18(9-7-17)26-15(3)29/h6-9,11-12,14,20H,4-5,10,13H2,1-3H3,(H2,24,25)(H,26,29)(H,27,30)/t14-,20+/m1/s1. The maximum Gasteiger partial charge on any atom is 0.313 e. The van der Waals surface area contributed by atoms with Crippen molar-refractivity contribution in [3.05, 3.63) is 47.7 Å². The van der Waals surface area contributed by atoms with Crippen molar-refractivity contribution in [1.82, 2.24) is 9.88 Å². The summed E-state index contributed by atoms with van der Waals surface area (Å²) >= 11 is 0. The van der Waals surface area contributed by atoms with E-state index in [1.54, 1.807) is 11.0 Å². The summed E-state index contributed by atoms with van der Waals surface area (Å²) in [6, 6.07) is 8.94. The average molecular weight is 424 g/mol. The molecule has 2 aromatic rings. The lowest BCUT2D eigenvalue weighted by molar-refractivity contribution is -0.146. The van der Waals surface area contributed by atoms with Crippen LogP contribution in [0.5, 0.6) is 0 Å². The van der Waals surface area contributed by atoms with Gasteiger partial charge in [0.05, 0.1) is 17.9 Å². The average Bonchev–Trinajstić information content (AvgIpc) is 2.74. The van der Waals surface area contributed by atoms with Gasteiger partial charge >= 0.3 is 11.8 Å². The molecule has 2 heterocycles. The van der Waals surface area contributed by atoms with Crippen LogP contribution in [0.1, 0.15) is 50.8 Å². The minimum absolute atomic E-state index is 0.142. The number of benzene rings is 1.